The molecule has 1 aliphatic carbocycles. The van der Waals surface area contributed by atoms with Gasteiger partial charge >= 0.3 is 0 Å². The Hall–Kier alpha value is -1.32. The van der Waals surface area contributed by atoms with E-state index in [1.807, 2.05) is 18.2 Å². The van der Waals surface area contributed by atoms with E-state index < -0.39 is 0 Å². The second-order valence-corrected chi connectivity index (χ2v) is 4.59. The van der Waals surface area contributed by atoms with Gasteiger partial charge in [0.05, 0.1) is 6.61 Å². The Balaban J connectivity index is 2.16. The summed E-state index contributed by atoms with van der Waals surface area (Å²) in [6, 6.07) is 8.33. The number of hydrogen-bond donors (Lipinski definition) is 1. The van der Waals surface area contributed by atoms with Crippen LogP contribution in [0, 0.1) is 0 Å². The number of allylic oxidation sites excluding steroid dienone is 1. The van der Waals surface area contributed by atoms with Gasteiger partial charge in [0.25, 0.3) is 0 Å². The van der Waals surface area contributed by atoms with Gasteiger partial charge in [-0.25, -0.2) is 0 Å². The van der Waals surface area contributed by atoms with Gasteiger partial charge in [-0.3, -0.25) is 0 Å². The van der Waals surface area contributed by atoms with Crippen LogP contribution in [0.5, 0.6) is 5.75 Å². The summed E-state index contributed by atoms with van der Waals surface area (Å²) < 4.78 is 10.8. The summed E-state index contributed by atoms with van der Waals surface area (Å²) in [7, 11) is 1.68. The number of nitrogens with two attached hydrogens (primary N) is 1. The third-order valence-electron chi connectivity index (χ3n) is 3.18. The van der Waals surface area contributed by atoms with E-state index in [4.69, 9.17) is 15.2 Å². The molecule has 0 amide bonds. The van der Waals surface area contributed by atoms with Gasteiger partial charge in [0.2, 0.25) is 0 Å². The minimum absolute atomic E-state index is 0.181. The first-order valence-electron chi connectivity index (χ1n) is 6.48. The third-order valence-corrected chi connectivity index (χ3v) is 3.18. The van der Waals surface area contributed by atoms with Crippen molar-refractivity contribution in [1.82, 2.24) is 0 Å². The van der Waals surface area contributed by atoms with Crippen molar-refractivity contribution in [2.75, 3.05) is 20.3 Å². The zero-order chi connectivity index (χ0) is 12.8. The smallest absolute Gasteiger partial charge is 0.126 e. The Labute approximate surface area is 109 Å². The van der Waals surface area contributed by atoms with Gasteiger partial charge in [-0.15, -0.1) is 0 Å². The quantitative estimate of drug-likeness (QED) is 0.813. The van der Waals surface area contributed by atoms with Crippen molar-refractivity contribution in [3.8, 4) is 5.75 Å². The standard InChI is InChI=1S/C15H21NO2/c1-17-9-10-18-15-8-3-2-7-14(15)12-5-4-6-13(16)11-12/h2-3,7-8,11,13H,4-6,9-10,16H2,1H3. The number of hydrogen-bond acceptors (Lipinski definition) is 3. The molecule has 98 valence electrons. The first kappa shape index (κ1) is 13.1. The zero-order valence-electron chi connectivity index (χ0n) is 10.9. The molecular formula is C15H21NO2. The highest BCUT2D eigenvalue weighted by Gasteiger charge is 2.14. The van der Waals surface area contributed by atoms with Gasteiger partial charge in [0.1, 0.15) is 12.4 Å². The number of methoxy groups -OCH3 is 1. The van der Waals surface area contributed by atoms with E-state index in [0.29, 0.717) is 13.2 Å². The molecule has 0 saturated carbocycles. The number of ether oxygens (including phenoxy) is 2. The van der Waals surface area contributed by atoms with Crippen molar-refractivity contribution < 1.29 is 9.47 Å². The molecular weight excluding hydrogens is 226 g/mol. The maximum absolute atomic E-state index is 6.00. The largest absolute Gasteiger partial charge is 0.491 e. The van der Waals surface area contributed by atoms with E-state index in [0.717, 1.165) is 25.0 Å². The number of para-hydroxylation sites is 1. The van der Waals surface area contributed by atoms with Crippen molar-refractivity contribution in [2.45, 2.75) is 25.3 Å². The van der Waals surface area contributed by atoms with Gasteiger partial charge < -0.3 is 15.2 Å². The molecule has 2 rings (SSSR count). The highest BCUT2D eigenvalue weighted by Crippen LogP contribution is 2.32. The van der Waals surface area contributed by atoms with Crippen LogP contribution in [0.3, 0.4) is 0 Å². The minimum atomic E-state index is 0.181. The molecule has 18 heavy (non-hydrogen) atoms. The second-order valence-electron chi connectivity index (χ2n) is 4.59. The van der Waals surface area contributed by atoms with Gasteiger partial charge in [-0.1, -0.05) is 24.3 Å². The van der Waals surface area contributed by atoms with Crippen LogP contribution in [0.4, 0.5) is 0 Å². The van der Waals surface area contributed by atoms with E-state index in [-0.39, 0.29) is 6.04 Å². The molecule has 0 spiro atoms. The van der Waals surface area contributed by atoms with Crippen LogP contribution in [0.25, 0.3) is 5.57 Å². The predicted molar refractivity (Wildman–Crippen MR) is 73.6 cm³/mol. The fourth-order valence-electron chi connectivity index (χ4n) is 2.27. The molecule has 2 N–H and O–H groups in total. The Kier molecular flexibility index (Phi) is 4.79. The summed E-state index contributed by atoms with van der Waals surface area (Å²) in [5.74, 6) is 0.926. The van der Waals surface area contributed by atoms with E-state index in [1.165, 1.54) is 11.1 Å². The van der Waals surface area contributed by atoms with Crippen molar-refractivity contribution >= 4 is 5.57 Å². The third kappa shape index (κ3) is 3.34. The molecule has 0 fully saturated rings. The van der Waals surface area contributed by atoms with E-state index in [1.54, 1.807) is 7.11 Å². The highest BCUT2D eigenvalue weighted by atomic mass is 16.5. The molecule has 0 aromatic heterocycles. The normalized spacial score (nSPS) is 19.4. The molecule has 0 bridgehead atoms. The van der Waals surface area contributed by atoms with Gasteiger partial charge in [-0.05, 0) is 30.9 Å². The lowest BCUT2D eigenvalue weighted by molar-refractivity contribution is 0.146. The first-order chi connectivity index (χ1) is 8.81. The number of rotatable bonds is 5. The molecule has 1 aromatic rings. The minimum Gasteiger partial charge on any atom is -0.491 e. The summed E-state index contributed by atoms with van der Waals surface area (Å²) in [5.41, 5.74) is 8.47. The van der Waals surface area contributed by atoms with Crippen LogP contribution in [0.1, 0.15) is 24.8 Å². The van der Waals surface area contributed by atoms with Crippen LogP contribution >= 0.6 is 0 Å². The van der Waals surface area contributed by atoms with Gasteiger partial charge in [0, 0.05) is 18.7 Å². The lowest BCUT2D eigenvalue weighted by Crippen LogP contribution is -2.20. The predicted octanol–water partition coefficient (Wildman–Crippen LogP) is 2.61. The average molecular weight is 247 g/mol. The molecule has 1 aromatic carbocycles. The van der Waals surface area contributed by atoms with Crippen molar-refractivity contribution in [2.24, 2.45) is 5.73 Å². The fraction of sp³-hybridized carbons (Fsp3) is 0.467. The lowest BCUT2D eigenvalue weighted by atomic mass is 9.91. The van der Waals surface area contributed by atoms with E-state index in [9.17, 15) is 0 Å². The van der Waals surface area contributed by atoms with Crippen molar-refractivity contribution in [3.05, 3.63) is 35.9 Å². The van der Waals surface area contributed by atoms with Crippen LogP contribution in [0.15, 0.2) is 30.3 Å². The van der Waals surface area contributed by atoms with E-state index in [2.05, 4.69) is 12.1 Å². The molecule has 0 heterocycles. The molecule has 0 aliphatic heterocycles. The Morgan fingerprint density at radius 1 is 1.28 bits per heavy atom. The Morgan fingerprint density at radius 2 is 2.11 bits per heavy atom. The zero-order valence-corrected chi connectivity index (χ0v) is 10.9. The summed E-state index contributed by atoms with van der Waals surface area (Å²) in [4.78, 5) is 0. The maximum Gasteiger partial charge on any atom is 0.126 e. The first-order valence-corrected chi connectivity index (χ1v) is 6.48. The summed E-state index contributed by atoms with van der Waals surface area (Å²) >= 11 is 0. The van der Waals surface area contributed by atoms with Gasteiger partial charge in [0.15, 0.2) is 0 Å². The van der Waals surface area contributed by atoms with E-state index >= 15 is 0 Å². The average Bonchev–Trinajstić information content (AvgIpc) is 2.40. The molecule has 0 saturated heterocycles. The molecule has 3 nitrogen and oxygen atoms in total. The van der Waals surface area contributed by atoms with Crippen molar-refractivity contribution in [3.63, 3.8) is 0 Å². The summed E-state index contributed by atoms with van der Waals surface area (Å²) in [6.07, 6.45) is 5.48. The SMILES string of the molecule is COCCOc1ccccc1C1=CC(N)CCC1. The Bertz CT molecular complexity index is 415. The summed E-state index contributed by atoms with van der Waals surface area (Å²) in [5, 5.41) is 0. The highest BCUT2D eigenvalue weighted by molar-refractivity contribution is 5.71. The van der Waals surface area contributed by atoms with Crippen LogP contribution in [0.2, 0.25) is 0 Å². The monoisotopic (exact) mass is 247 g/mol. The molecule has 1 atom stereocenters. The molecule has 3 heteroatoms. The molecule has 0 radical (unpaired) electrons. The molecule has 1 aliphatic rings. The lowest BCUT2D eigenvalue weighted by Gasteiger charge is -2.20. The van der Waals surface area contributed by atoms with Crippen LogP contribution in [-0.2, 0) is 4.74 Å². The number of benzene rings is 1. The van der Waals surface area contributed by atoms with Crippen molar-refractivity contribution in [1.29, 1.82) is 0 Å². The van der Waals surface area contributed by atoms with Crippen LogP contribution < -0.4 is 10.5 Å². The maximum atomic E-state index is 6.00. The second kappa shape index (κ2) is 6.57. The van der Waals surface area contributed by atoms with Gasteiger partial charge in [-0.2, -0.15) is 0 Å². The summed E-state index contributed by atoms with van der Waals surface area (Å²) in [6.45, 7) is 1.18. The van der Waals surface area contributed by atoms with Crippen LogP contribution in [-0.4, -0.2) is 26.4 Å². The fourth-order valence-corrected chi connectivity index (χ4v) is 2.27. The topological polar surface area (TPSA) is 44.5 Å². The Morgan fingerprint density at radius 3 is 2.89 bits per heavy atom. The molecule has 1 unspecified atom stereocenters.